The molecule has 2 N–H and O–H groups in total. The summed E-state index contributed by atoms with van der Waals surface area (Å²) in [5, 5.41) is 6.30. The van der Waals surface area contributed by atoms with Gasteiger partial charge in [-0.25, -0.2) is 0 Å². The van der Waals surface area contributed by atoms with Crippen LogP contribution in [0, 0.1) is 5.41 Å². The van der Waals surface area contributed by atoms with E-state index in [2.05, 4.69) is 25.4 Å². The summed E-state index contributed by atoms with van der Waals surface area (Å²) in [6, 6.07) is 4.00. The van der Waals surface area contributed by atoms with Crippen LogP contribution in [0.3, 0.4) is 0 Å². The zero-order valence-corrected chi connectivity index (χ0v) is 20.6. The lowest BCUT2D eigenvalue weighted by atomic mass is 9.96. The van der Waals surface area contributed by atoms with E-state index in [0.717, 1.165) is 44.2 Å². The molecule has 1 aliphatic heterocycles. The van der Waals surface area contributed by atoms with E-state index in [-0.39, 0.29) is 11.3 Å². The lowest BCUT2D eigenvalue weighted by Gasteiger charge is -2.36. The number of rotatable bonds is 8. The molecule has 0 bridgehead atoms. The summed E-state index contributed by atoms with van der Waals surface area (Å²) in [7, 11) is 6.66. The Morgan fingerprint density at radius 3 is 2.00 bits per heavy atom. The van der Waals surface area contributed by atoms with Gasteiger partial charge in [-0.3, -0.25) is 14.7 Å². The maximum atomic E-state index is 12.0. The molecule has 1 aliphatic rings. The van der Waals surface area contributed by atoms with Crippen molar-refractivity contribution in [2.75, 3.05) is 67.6 Å². The average molecular weight is 450 g/mol. The third-order valence-electron chi connectivity index (χ3n) is 5.39. The highest BCUT2D eigenvalue weighted by Crippen LogP contribution is 2.38. The molecule has 0 aromatic heterocycles. The van der Waals surface area contributed by atoms with Crippen LogP contribution in [-0.4, -0.2) is 89.3 Å². The molecular formula is C23H39N5O4. The summed E-state index contributed by atoms with van der Waals surface area (Å²) in [6.07, 6.45) is 0. The van der Waals surface area contributed by atoms with Crippen molar-refractivity contribution >= 4 is 11.9 Å². The van der Waals surface area contributed by atoms with E-state index >= 15 is 0 Å². The fourth-order valence-electron chi connectivity index (χ4n) is 3.55. The molecule has 1 saturated heterocycles. The number of amides is 1. The van der Waals surface area contributed by atoms with Crippen molar-refractivity contribution < 1.29 is 19.0 Å². The van der Waals surface area contributed by atoms with Crippen molar-refractivity contribution in [1.29, 1.82) is 0 Å². The minimum Gasteiger partial charge on any atom is -0.493 e. The van der Waals surface area contributed by atoms with E-state index < -0.39 is 0 Å². The Balaban J connectivity index is 1.85. The van der Waals surface area contributed by atoms with Gasteiger partial charge in [-0.15, -0.1) is 0 Å². The number of piperazine rings is 1. The minimum absolute atomic E-state index is 0.0506. The van der Waals surface area contributed by atoms with Crippen LogP contribution in [0.2, 0.25) is 0 Å². The van der Waals surface area contributed by atoms with Gasteiger partial charge in [-0.05, 0) is 17.7 Å². The number of ether oxygens (including phenoxy) is 3. The Morgan fingerprint density at radius 2 is 1.53 bits per heavy atom. The van der Waals surface area contributed by atoms with E-state index in [1.165, 1.54) is 0 Å². The standard InChI is InChI=1S/C23H39N5O4/c1-23(2,3)21(29)25-8-9-26-22(24-4)28-12-10-27(11-13-28)16-17-14-18(30-5)20(32-7)19(15-17)31-6/h14-15H,8-13,16H2,1-7H3,(H,24,26)(H,25,29). The summed E-state index contributed by atoms with van der Waals surface area (Å²) >= 11 is 0. The zero-order chi connectivity index (χ0) is 23.7. The van der Waals surface area contributed by atoms with Gasteiger partial charge in [0.25, 0.3) is 0 Å². The topological polar surface area (TPSA) is 87.7 Å². The number of aliphatic imine (C=N–C) groups is 1. The number of hydrogen-bond acceptors (Lipinski definition) is 6. The molecule has 180 valence electrons. The van der Waals surface area contributed by atoms with Crippen molar-refractivity contribution in [2.45, 2.75) is 27.3 Å². The maximum absolute atomic E-state index is 12.0. The summed E-state index contributed by atoms with van der Waals surface area (Å²) < 4.78 is 16.4. The zero-order valence-electron chi connectivity index (χ0n) is 20.6. The highest BCUT2D eigenvalue weighted by Gasteiger charge is 2.22. The van der Waals surface area contributed by atoms with Gasteiger partial charge in [0.1, 0.15) is 0 Å². The monoisotopic (exact) mass is 449 g/mol. The van der Waals surface area contributed by atoms with Gasteiger partial charge >= 0.3 is 0 Å². The smallest absolute Gasteiger partial charge is 0.225 e. The first-order valence-electron chi connectivity index (χ1n) is 11.0. The molecule has 0 radical (unpaired) electrons. The predicted octanol–water partition coefficient (Wildman–Crippen LogP) is 1.57. The van der Waals surface area contributed by atoms with Crippen LogP contribution in [0.15, 0.2) is 17.1 Å². The van der Waals surface area contributed by atoms with E-state index in [9.17, 15) is 4.79 Å². The SMILES string of the molecule is CN=C(NCCNC(=O)C(C)(C)C)N1CCN(Cc2cc(OC)c(OC)c(OC)c2)CC1. The molecule has 1 aromatic rings. The number of guanidine groups is 1. The fraction of sp³-hybridized carbons (Fsp3) is 0.652. The molecular weight excluding hydrogens is 410 g/mol. The molecule has 0 atom stereocenters. The summed E-state index contributed by atoms with van der Waals surface area (Å²) in [4.78, 5) is 21.0. The Morgan fingerprint density at radius 1 is 0.969 bits per heavy atom. The molecule has 0 unspecified atom stereocenters. The van der Waals surface area contributed by atoms with E-state index in [0.29, 0.717) is 30.3 Å². The lowest BCUT2D eigenvalue weighted by Crippen LogP contribution is -2.53. The van der Waals surface area contributed by atoms with Gasteiger partial charge in [0.05, 0.1) is 21.3 Å². The van der Waals surface area contributed by atoms with Gasteiger partial charge in [-0.2, -0.15) is 0 Å². The van der Waals surface area contributed by atoms with Crippen LogP contribution in [0.4, 0.5) is 0 Å². The van der Waals surface area contributed by atoms with Crippen molar-refractivity contribution in [3.8, 4) is 17.2 Å². The summed E-state index contributed by atoms with van der Waals surface area (Å²) in [6.45, 7) is 11.3. The van der Waals surface area contributed by atoms with Crippen LogP contribution in [0.5, 0.6) is 17.2 Å². The van der Waals surface area contributed by atoms with Gasteiger partial charge in [0.2, 0.25) is 11.7 Å². The molecule has 1 heterocycles. The maximum Gasteiger partial charge on any atom is 0.225 e. The third-order valence-corrected chi connectivity index (χ3v) is 5.39. The normalized spacial score (nSPS) is 15.3. The minimum atomic E-state index is -0.379. The number of nitrogens with one attached hydrogen (secondary N) is 2. The molecule has 0 spiro atoms. The van der Waals surface area contributed by atoms with Crippen LogP contribution >= 0.6 is 0 Å². The Labute approximate surface area is 192 Å². The van der Waals surface area contributed by atoms with E-state index in [4.69, 9.17) is 14.2 Å². The number of carbonyl (C=O) groups excluding carboxylic acids is 1. The molecule has 9 nitrogen and oxygen atoms in total. The highest BCUT2D eigenvalue weighted by atomic mass is 16.5. The Hall–Kier alpha value is -2.68. The first kappa shape index (κ1) is 25.6. The van der Waals surface area contributed by atoms with Crippen LogP contribution < -0.4 is 24.8 Å². The molecule has 1 amide bonds. The first-order valence-corrected chi connectivity index (χ1v) is 11.0. The van der Waals surface area contributed by atoms with Crippen molar-refractivity contribution in [1.82, 2.24) is 20.4 Å². The summed E-state index contributed by atoms with van der Waals surface area (Å²) in [5.74, 6) is 2.86. The van der Waals surface area contributed by atoms with Crippen LogP contribution in [-0.2, 0) is 11.3 Å². The number of nitrogens with zero attached hydrogens (tertiary/aromatic N) is 3. The van der Waals surface area contributed by atoms with Gasteiger partial charge in [-0.1, -0.05) is 20.8 Å². The van der Waals surface area contributed by atoms with Crippen molar-refractivity contribution in [3.63, 3.8) is 0 Å². The van der Waals surface area contributed by atoms with Gasteiger partial charge in [0, 0.05) is 58.3 Å². The van der Waals surface area contributed by atoms with E-state index in [1.54, 1.807) is 28.4 Å². The second-order valence-electron chi connectivity index (χ2n) is 8.78. The second-order valence-corrected chi connectivity index (χ2v) is 8.78. The van der Waals surface area contributed by atoms with Crippen molar-refractivity contribution in [3.05, 3.63) is 17.7 Å². The molecule has 1 fully saturated rings. The third kappa shape index (κ3) is 6.91. The number of hydrogen-bond donors (Lipinski definition) is 2. The van der Waals surface area contributed by atoms with Crippen molar-refractivity contribution in [2.24, 2.45) is 10.4 Å². The molecule has 1 aromatic carbocycles. The molecule has 0 aliphatic carbocycles. The second kappa shape index (κ2) is 11.8. The van der Waals surface area contributed by atoms with Gasteiger partial charge < -0.3 is 29.7 Å². The van der Waals surface area contributed by atoms with E-state index in [1.807, 2.05) is 32.9 Å². The van der Waals surface area contributed by atoms with Gasteiger partial charge in [0.15, 0.2) is 17.5 Å². The van der Waals surface area contributed by atoms with Crippen LogP contribution in [0.1, 0.15) is 26.3 Å². The molecule has 0 saturated carbocycles. The largest absolute Gasteiger partial charge is 0.493 e. The Kier molecular flexibility index (Phi) is 9.43. The quantitative estimate of drug-likeness (QED) is 0.354. The Bertz CT molecular complexity index is 758. The molecule has 2 rings (SSSR count). The molecule has 32 heavy (non-hydrogen) atoms. The predicted molar refractivity (Wildman–Crippen MR) is 127 cm³/mol. The molecule has 9 heteroatoms. The number of carbonyl (C=O) groups is 1. The number of benzene rings is 1. The number of methoxy groups -OCH3 is 3. The average Bonchev–Trinajstić information content (AvgIpc) is 2.78. The summed E-state index contributed by atoms with van der Waals surface area (Å²) in [5.41, 5.74) is 0.737. The first-order chi connectivity index (χ1) is 15.2. The van der Waals surface area contributed by atoms with Crippen LogP contribution in [0.25, 0.3) is 0 Å². The lowest BCUT2D eigenvalue weighted by molar-refractivity contribution is -0.128. The highest BCUT2D eigenvalue weighted by molar-refractivity contribution is 5.82. The fourth-order valence-corrected chi connectivity index (χ4v) is 3.55.